The zero-order chi connectivity index (χ0) is 14.5. The van der Waals surface area contributed by atoms with Gasteiger partial charge in [-0.3, -0.25) is 4.90 Å². The van der Waals surface area contributed by atoms with Crippen molar-refractivity contribution in [2.75, 3.05) is 13.1 Å². The lowest BCUT2D eigenvalue weighted by Crippen LogP contribution is -2.36. The lowest BCUT2D eigenvalue weighted by molar-refractivity contribution is 0.0906. The van der Waals surface area contributed by atoms with Crippen LogP contribution in [-0.4, -0.2) is 18.0 Å². The van der Waals surface area contributed by atoms with Crippen molar-refractivity contribution in [2.24, 2.45) is 0 Å². The largest absolute Gasteiger partial charge is 0.293 e. The van der Waals surface area contributed by atoms with Crippen molar-refractivity contribution in [3.8, 4) is 0 Å². The first kappa shape index (κ1) is 14.3. The van der Waals surface area contributed by atoms with Crippen molar-refractivity contribution >= 4 is 0 Å². The van der Waals surface area contributed by atoms with Gasteiger partial charge in [0.2, 0.25) is 0 Å². The number of halogens is 1. The van der Waals surface area contributed by atoms with Gasteiger partial charge in [0.25, 0.3) is 0 Å². The summed E-state index contributed by atoms with van der Waals surface area (Å²) in [7, 11) is 0. The van der Waals surface area contributed by atoms with Crippen LogP contribution in [0.3, 0.4) is 0 Å². The molecule has 3 rings (SSSR count). The topological polar surface area (TPSA) is 3.24 Å². The Balaban J connectivity index is 1.92. The third-order valence-corrected chi connectivity index (χ3v) is 4.32. The van der Waals surface area contributed by atoms with Crippen molar-refractivity contribution in [3.05, 3.63) is 71.8 Å². The molecule has 0 aliphatic carbocycles. The van der Waals surface area contributed by atoms with Crippen LogP contribution in [0.4, 0.5) is 4.39 Å². The van der Waals surface area contributed by atoms with E-state index in [2.05, 4.69) is 17.0 Å². The monoisotopic (exact) mass is 283 g/mol. The van der Waals surface area contributed by atoms with E-state index < -0.39 is 6.17 Å². The molecule has 1 aliphatic rings. The first-order valence-corrected chi connectivity index (χ1v) is 7.84. The summed E-state index contributed by atoms with van der Waals surface area (Å²) in [6, 6.07) is 19.5. The summed E-state index contributed by atoms with van der Waals surface area (Å²) in [5.41, 5.74) is 1.85. The van der Waals surface area contributed by atoms with Crippen LogP contribution >= 0.6 is 0 Å². The van der Waals surface area contributed by atoms with Gasteiger partial charge in [-0.1, -0.05) is 67.1 Å². The summed E-state index contributed by atoms with van der Waals surface area (Å²) in [5, 5.41) is 0. The fourth-order valence-electron chi connectivity index (χ4n) is 3.23. The quantitative estimate of drug-likeness (QED) is 0.769. The van der Waals surface area contributed by atoms with Crippen molar-refractivity contribution in [1.82, 2.24) is 4.90 Å². The summed E-state index contributed by atoms with van der Waals surface area (Å²) < 4.78 is 15.2. The van der Waals surface area contributed by atoms with Gasteiger partial charge in [0.15, 0.2) is 0 Å². The average molecular weight is 283 g/mol. The minimum absolute atomic E-state index is 0.172. The molecule has 0 N–H and O–H groups in total. The van der Waals surface area contributed by atoms with Crippen LogP contribution in [0.25, 0.3) is 0 Å². The Bertz CT molecular complexity index is 534. The van der Waals surface area contributed by atoms with E-state index in [1.54, 1.807) is 0 Å². The smallest absolute Gasteiger partial charge is 0.145 e. The highest BCUT2D eigenvalue weighted by Gasteiger charge is 2.30. The lowest BCUT2D eigenvalue weighted by atomic mass is 9.94. The van der Waals surface area contributed by atoms with Crippen LogP contribution in [0.15, 0.2) is 60.7 Å². The molecule has 1 aliphatic heterocycles. The zero-order valence-corrected chi connectivity index (χ0v) is 12.3. The molecule has 0 aromatic heterocycles. The minimum Gasteiger partial charge on any atom is -0.293 e. The summed E-state index contributed by atoms with van der Waals surface area (Å²) >= 11 is 0. The van der Waals surface area contributed by atoms with Crippen molar-refractivity contribution in [2.45, 2.75) is 31.5 Å². The molecule has 2 heteroatoms. The Kier molecular flexibility index (Phi) is 4.66. The maximum Gasteiger partial charge on any atom is 0.145 e. The highest BCUT2D eigenvalue weighted by Crippen LogP contribution is 2.38. The Morgan fingerprint density at radius 3 is 1.81 bits per heavy atom. The van der Waals surface area contributed by atoms with Gasteiger partial charge in [-0.25, -0.2) is 4.39 Å². The van der Waals surface area contributed by atoms with E-state index in [-0.39, 0.29) is 6.04 Å². The van der Waals surface area contributed by atoms with Crippen molar-refractivity contribution in [1.29, 1.82) is 0 Å². The van der Waals surface area contributed by atoms with E-state index in [4.69, 9.17) is 0 Å². The van der Waals surface area contributed by atoms with Crippen LogP contribution in [0.5, 0.6) is 0 Å². The standard InChI is InChI=1S/C19H22FN/c20-18(16-10-4-1-5-11-16)19(17-12-6-2-7-13-17)21-14-8-3-9-15-21/h1-2,4-7,10-13,18-19H,3,8-9,14-15H2/t18-,19-/m1/s1. The van der Waals surface area contributed by atoms with Gasteiger partial charge in [-0.05, 0) is 37.1 Å². The van der Waals surface area contributed by atoms with E-state index in [9.17, 15) is 0 Å². The average Bonchev–Trinajstić information content (AvgIpc) is 2.58. The molecule has 1 heterocycles. The Morgan fingerprint density at radius 1 is 0.714 bits per heavy atom. The fraction of sp³-hybridized carbons (Fsp3) is 0.368. The molecule has 0 spiro atoms. The Labute approximate surface area is 126 Å². The number of likely N-dealkylation sites (tertiary alicyclic amines) is 1. The van der Waals surface area contributed by atoms with E-state index >= 15 is 4.39 Å². The van der Waals surface area contributed by atoms with Gasteiger partial charge < -0.3 is 0 Å². The molecule has 0 saturated carbocycles. The molecule has 2 atom stereocenters. The summed E-state index contributed by atoms with van der Waals surface area (Å²) in [4.78, 5) is 2.32. The number of piperidine rings is 1. The minimum atomic E-state index is -0.980. The van der Waals surface area contributed by atoms with Gasteiger partial charge in [0.1, 0.15) is 6.17 Å². The fourth-order valence-corrected chi connectivity index (χ4v) is 3.23. The molecule has 0 bridgehead atoms. The predicted octanol–water partition coefficient (Wildman–Crippen LogP) is 4.92. The number of hydrogen-bond acceptors (Lipinski definition) is 1. The second kappa shape index (κ2) is 6.86. The second-order valence-corrected chi connectivity index (χ2v) is 5.76. The molecule has 2 aromatic rings. The van der Waals surface area contributed by atoms with E-state index in [0.29, 0.717) is 0 Å². The molecular weight excluding hydrogens is 261 g/mol. The molecule has 21 heavy (non-hydrogen) atoms. The van der Waals surface area contributed by atoms with Gasteiger partial charge in [0, 0.05) is 0 Å². The first-order chi connectivity index (χ1) is 10.4. The van der Waals surface area contributed by atoms with Crippen molar-refractivity contribution in [3.63, 3.8) is 0 Å². The van der Waals surface area contributed by atoms with Crippen LogP contribution < -0.4 is 0 Å². The second-order valence-electron chi connectivity index (χ2n) is 5.76. The maximum atomic E-state index is 15.2. The highest BCUT2D eigenvalue weighted by atomic mass is 19.1. The molecule has 2 aromatic carbocycles. The third-order valence-electron chi connectivity index (χ3n) is 4.32. The molecule has 0 radical (unpaired) electrons. The SMILES string of the molecule is F[C@H](c1ccccc1)[C@@H](c1ccccc1)N1CCCCC1. The van der Waals surface area contributed by atoms with Crippen LogP contribution in [0, 0.1) is 0 Å². The van der Waals surface area contributed by atoms with Gasteiger partial charge in [-0.15, -0.1) is 0 Å². The Morgan fingerprint density at radius 2 is 1.24 bits per heavy atom. The molecule has 110 valence electrons. The number of hydrogen-bond donors (Lipinski definition) is 0. The number of nitrogens with zero attached hydrogens (tertiary/aromatic N) is 1. The number of rotatable bonds is 4. The van der Waals surface area contributed by atoms with Gasteiger partial charge >= 0.3 is 0 Å². The molecule has 1 nitrogen and oxygen atoms in total. The molecule has 1 saturated heterocycles. The molecule has 1 fully saturated rings. The molecule has 0 unspecified atom stereocenters. The van der Waals surface area contributed by atoms with E-state index in [1.807, 2.05) is 48.5 Å². The third kappa shape index (κ3) is 3.33. The molecule has 0 amide bonds. The van der Waals surface area contributed by atoms with Crippen LogP contribution in [0.1, 0.15) is 42.6 Å². The normalized spacial score (nSPS) is 19.1. The van der Waals surface area contributed by atoms with Crippen LogP contribution in [-0.2, 0) is 0 Å². The van der Waals surface area contributed by atoms with Crippen LogP contribution in [0.2, 0.25) is 0 Å². The van der Waals surface area contributed by atoms with E-state index in [0.717, 1.165) is 24.2 Å². The first-order valence-electron chi connectivity index (χ1n) is 7.84. The highest BCUT2D eigenvalue weighted by molar-refractivity contribution is 5.26. The maximum absolute atomic E-state index is 15.2. The summed E-state index contributed by atoms with van der Waals surface area (Å²) in [5.74, 6) is 0. The Hall–Kier alpha value is -1.67. The zero-order valence-electron chi connectivity index (χ0n) is 12.3. The number of benzene rings is 2. The summed E-state index contributed by atoms with van der Waals surface area (Å²) in [6.07, 6.45) is 2.63. The molecular formula is C19H22FN. The van der Waals surface area contributed by atoms with Gasteiger partial charge in [0.05, 0.1) is 6.04 Å². The van der Waals surface area contributed by atoms with Gasteiger partial charge in [-0.2, -0.15) is 0 Å². The van der Waals surface area contributed by atoms with Crippen molar-refractivity contribution < 1.29 is 4.39 Å². The summed E-state index contributed by atoms with van der Waals surface area (Å²) in [6.45, 7) is 1.99. The predicted molar refractivity (Wildman–Crippen MR) is 84.9 cm³/mol. The van der Waals surface area contributed by atoms with E-state index in [1.165, 1.54) is 19.3 Å². The number of alkyl halides is 1. The lowest BCUT2D eigenvalue weighted by Gasteiger charge is -2.36.